The Bertz CT molecular complexity index is 256. The van der Waals surface area contributed by atoms with Gasteiger partial charge in [-0.1, -0.05) is 32.6 Å². The van der Waals surface area contributed by atoms with Crippen molar-refractivity contribution < 1.29 is 4.74 Å². The van der Waals surface area contributed by atoms with Crippen molar-refractivity contribution in [1.29, 1.82) is 0 Å². The molecule has 0 aromatic carbocycles. The molecule has 0 amide bonds. The molecule has 0 aromatic heterocycles. The van der Waals surface area contributed by atoms with E-state index in [1.807, 2.05) is 0 Å². The molecule has 1 aliphatic carbocycles. The molecule has 118 valence electrons. The molecular weight excluding hydrogens is 248 g/mol. The van der Waals surface area contributed by atoms with E-state index in [2.05, 4.69) is 24.2 Å². The van der Waals surface area contributed by atoms with E-state index in [9.17, 15) is 0 Å². The molecule has 0 radical (unpaired) electrons. The molecule has 2 aliphatic rings. The van der Waals surface area contributed by atoms with Gasteiger partial charge in [-0.25, -0.2) is 0 Å². The first-order valence-electron chi connectivity index (χ1n) is 8.74. The maximum Gasteiger partial charge on any atom is 0.0480 e. The van der Waals surface area contributed by atoms with Gasteiger partial charge in [0.2, 0.25) is 0 Å². The Morgan fingerprint density at radius 1 is 1.10 bits per heavy atom. The van der Waals surface area contributed by atoms with E-state index in [0.717, 1.165) is 25.8 Å². The van der Waals surface area contributed by atoms with Gasteiger partial charge in [0.25, 0.3) is 0 Å². The van der Waals surface area contributed by atoms with Gasteiger partial charge in [-0.05, 0) is 44.7 Å². The highest BCUT2D eigenvalue weighted by Crippen LogP contribution is 2.36. The van der Waals surface area contributed by atoms with Crippen LogP contribution in [0.2, 0.25) is 0 Å². The number of hydrogen-bond donors (Lipinski definition) is 1. The monoisotopic (exact) mass is 282 g/mol. The maximum absolute atomic E-state index is 5.51. The van der Waals surface area contributed by atoms with Crippen LogP contribution in [0.25, 0.3) is 0 Å². The smallest absolute Gasteiger partial charge is 0.0480 e. The van der Waals surface area contributed by atoms with E-state index in [1.54, 1.807) is 0 Å². The Morgan fingerprint density at radius 3 is 2.35 bits per heavy atom. The zero-order valence-corrected chi connectivity index (χ0v) is 13.6. The molecule has 1 aliphatic heterocycles. The third kappa shape index (κ3) is 4.71. The molecule has 1 heterocycles. The molecule has 2 fully saturated rings. The van der Waals surface area contributed by atoms with Crippen molar-refractivity contribution in [3.63, 3.8) is 0 Å². The summed E-state index contributed by atoms with van der Waals surface area (Å²) in [6.45, 7) is 7.71. The molecule has 3 nitrogen and oxygen atoms in total. The van der Waals surface area contributed by atoms with Crippen molar-refractivity contribution in [2.45, 2.75) is 64.3 Å². The maximum atomic E-state index is 5.51. The molecule has 1 N–H and O–H groups in total. The molecule has 0 aromatic rings. The molecule has 0 atom stereocenters. The number of ether oxygens (including phenoxy) is 1. The first kappa shape index (κ1) is 16.3. The molecular formula is C17H34N2O. The summed E-state index contributed by atoms with van der Waals surface area (Å²) in [7, 11) is 2.34. The number of nitrogens with zero attached hydrogens (tertiary/aromatic N) is 1. The van der Waals surface area contributed by atoms with Crippen LogP contribution in [-0.4, -0.2) is 50.8 Å². The zero-order chi connectivity index (χ0) is 14.3. The second-order valence-electron chi connectivity index (χ2n) is 6.95. The summed E-state index contributed by atoms with van der Waals surface area (Å²) in [5.74, 6) is 0. The van der Waals surface area contributed by atoms with E-state index in [4.69, 9.17) is 4.74 Å². The molecule has 20 heavy (non-hydrogen) atoms. The lowest BCUT2D eigenvalue weighted by molar-refractivity contribution is 0.0241. The minimum atomic E-state index is 0.513. The van der Waals surface area contributed by atoms with Gasteiger partial charge in [-0.2, -0.15) is 0 Å². The second kappa shape index (κ2) is 8.35. The summed E-state index contributed by atoms with van der Waals surface area (Å²) >= 11 is 0. The summed E-state index contributed by atoms with van der Waals surface area (Å²) in [6.07, 6.45) is 11.0. The summed E-state index contributed by atoms with van der Waals surface area (Å²) in [5.41, 5.74) is 0.513. The van der Waals surface area contributed by atoms with Crippen LogP contribution in [0, 0.1) is 5.41 Å². The highest BCUT2D eigenvalue weighted by molar-refractivity contribution is 4.88. The van der Waals surface area contributed by atoms with Crippen LogP contribution in [0.4, 0.5) is 0 Å². The number of nitrogens with one attached hydrogen (secondary N) is 1. The van der Waals surface area contributed by atoms with Crippen LogP contribution in [0.3, 0.4) is 0 Å². The van der Waals surface area contributed by atoms with Crippen LogP contribution in [0.1, 0.15) is 58.3 Å². The van der Waals surface area contributed by atoms with Gasteiger partial charge in [0.1, 0.15) is 0 Å². The normalized spacial score (nSPS) is 24.8. The predicted octanol–water partition coefficient (Wildman–Crippen LogP) is 3.05. The molecule has 3 heteroatoms. The lowest BCUT2D eigenvalue weighted by Gasteiger charge is -2.41. The zero-order valence-electron chi connectivity index (χ0n) is 13.6. The number of hydrogen-bond acceptors (Lipinski definition) is 3. The van der Waals surface area contributed by atoms with Crippen LogP contribution in [0.15, 0.2) is 0 Å². The molecule has 0 spiro atoms. The van der Waals surface area contributed by atoms with Crippen LogP contribution in [0.5, 0.6) is 0 Å². The molecule has 2 rings (SSSR count). The van der Waals surface area contributed by atoms with Gasteiger partial charge in [0.15, 0.2) is 0 Å². The molecule has 0 unspecified atom stereocenters. The lowest BCUT2D eigenvalue weighted by Crippen LogP contribution is -2.47. The van der Waals surface area contributed by atoms with Gasteiger partial charge in [0, 0.05) is 32.3 Å². The SMILES string of the molecule is CCNCC1(CN(C)C2CCOCC2)CCCCCC1. The van der Waals surface area contributed by atoms with E-state index < -0.39 is 0 Å². The van der Waals surface area contributed by atoms with Crippen molar-refractivity contribution in [3.8, 4) is 0 Å². The summed E-state index contributed by atoms with van der Waals surface area (Å²) in [4.78, 5) is 2.64. The van der Waals surface area contributed by atoms with Crippen LogP contribution in [-0.2, 0) is 4.74 Å². The largest absolute Gasteiger partial charge is 0.381 e. The topological polar surface area (TPSA) is 24.5 Å². The quantitative estimate of drug-likeness (QED) is 0.758. The second-order valence-corrected chi connectivity index (χ2v) is 6.95. The van der Waals surface area contributed by atoms with Crippen LogP contribution < -0.4 is 5.32 Å². The average Bonchev–Trinajstić information content (AvgIpc) is 2.72. The Kier molecular flexibility index (Phi) is 6.79. The highest BCUT2D eigenvalue weighted by Gasteiger charge is 2.33. The van der Waals surface area contributed by atoms with Crippen LogP contribution >= 0.6 is 0 Å². The van der Waals surface area contributed by atoms with Gasteiger partial charge in [0.05, 0.1) is 0 Å². The molecule has 1 saturated carbocycles. The Labute approximate surface area is 125 Å². The standard InChI is InChI=1S/C17H34N2O/c1-3-18-14-17(10-6-4-5-7-11-17)15-19(2)16-8-12-20-13-9-16/h16,18H,3-15H2,1-2H3. The fraction of sp³-hybridized carbons (Fsp3) is 1.00. The minimum Gasteiger partial charge on any atom is -0.381 e. The summed E-state index contributed by atoms with van der Waals surface area (Å²) < 4.78 is 5.51. The summed E-state index contributed by atoms with van der Waals surface area (Å²) in [5, 5.41) is 3.64. The van der Waals surface area contributed by atoms with Crippen molar-refractivity contribution in [2.24, 2.45) is 5.41 Å². The molecule has 1 saturated heterocycles. The third-order valence-electron chi connectivity index (χ3n) is 5.31. The van der Waals surface area contributed by atoms with E-state index in [1.165, 1.54) is 64.5 Å². The van der Waals surface area contributed by atoms with E-state index >= 15 is 0 Å². The lowest BCUT2D eigenvalue weighted by atomic mass is 9.79. The Morgan fingerprint density at radius 2 is 1.75 bits per heavy atom. The van der Waals surface area contributed by atoms with Gasteiger partial charge in [-0.3, -0.25) is 0 Å². The van der Waals surface area contributed by atoms with E-state index in [-0.39, 0.29) is 0 Å². The van der Waals surface area contributed by atoms with Gasteiger partial charge < -0.3 is 15.0 Å². The van der Waals surface area contributed by atoms with Crippen molar-refractivity contribution >= 4 is 0 Å². The first-order chi connectivity index (χ1) is 9.76. The predicted molar refractivity (Wildman–Crippen MR) is 85.1 cm³/mol. The Balaban J connectivity index is 1.94. The number of rotatable bonds is 6. The minimum absolute atomic E-state index is 0.513. The van der Waals surface area contributed by atoms with Crippen molar-refractivity contribution in [3.05, 3.63) is 0 Å². The van der Waals surface area contributed by atoms with Gasteiger partial charge in [-0.15, -0.1) is 0 Å². The highest BCUT2D eigenvalue weighted by atomic mass is 16.5. The fourth-order valence-electron chi connectivity index (χ4n) is 4.04. The summed E-state index contributed by atoms with van der Waals surface area (Å²) in [6, 6.07) is 0.741. The van der Waals surface area contributed by atoms with Gasteiger partial charge >= 0.3 is 0 Å². The molecule has 0 bridgehead atoms. The average molecular weight is 282 g/mol. The third-order valence-corrected chi connectivity index (χ3v) is 5.31. The van der Waals surface area contributed by atoms with Crippen molar-refractivity contribution in [2.75, 3.05) is 39.9 Å². The first-order valence-corrected chi connectivity index (χ1v) is 8.74. The Hall–Kier alpha value is -0.120. The fourth-order valence-corrected chi connectivity index (χ4v) is 4.04. The van der Waals surface area contributed by atoms with E-state index in [0.29, 0.717) is 5.41 Å². The van der Waals surface area contributed by atoms with Crippen molar-refractivity contribution in [1.82, 2.24) is 10.2 Å².